The Morgan fingerprint density at radius 1 is 1.48 bits per heavy atom. The van der Waals surface area contributed by atoms with Crippen molar-refractivity contribution in [2.75, 3.05) is 20.3 Å². The maximum atomic E-state index is 13.8. The molecule has 0 amide bonds. The lowest BCUT2D eigenvalue weighted by Gasteiger charge is -2.13. The molecule has 2 N–H and O–H groups in total. The first-order valence-corrected chi connectivity index (χ1v) is 7.79. The number of aliphatic hydroxyl groups is 1. The molecule has 0 aromatic heterocycles. The van der Waals surface area contributed by atoms with Crippen molar-refractivity contribution < 1.29 is 22.7 Å². The summed E-state index contributed by atoms with van der Waals surface area (Å²) in [4.78, 5) is -0.171. The van der Waals surface area contributed by atoms with Gasteiger partial charge in [0.05, 0.1) is 23.7 Å². The molecule has 0 aliphatic heterocycles. The molecule has 21 heavy (non-hydrogen) atoms. The largest absolute Gasteiger partial charge is 0.395 e. The van der Waals surface area contributed by atoms with Crippen molar-refractivity contribution in [1.29, 1.82) is 0 Å². The van der Waals surface area contributed by atoms with Crippen LogP contribution in [0.25, 0.3) is 0 Å². The average Bonchev–Trinajstić information content (AvgIpc) is 2.40. The molecule has 1 atom stereocenters. The summed E-state index contributed by atoms with van der Waals surface area (Å²) in [5, 5.41) is 8.60. The predicted molar refractivity (Wildman–Crippen MR) is 76.6 cm³/mol. The number of benzene rings is 1. The Kier molecular flexibility index (Phi) is 6.78. The molecule has 1 aromatic carbocycles. The van der Waals surface area contributed by atoms with Crippen LogP contribution in [0, 0.1) is 17.7 Å². The number of rotatable bonds is 6. The van der Waals surface area contributed by atoms with Crippen molar-refractivity contribution in [1.82, 2.24) is 4.72 Å². The number of hydrogen-bond acceptors (Lipinski definition) is 4. The van der Waals surface area contributed by atoms with Gasteiger partial charge < -0.3 is 9.84 Å². The smallest absolute Gasteiger partial charge is 0.240 e. The fourth-order valence-electron chi connectivity index (χ4n) is 1.59. The minimum Gasteiger partial charge on any atom is -0.395 e. The number of hydrogen-bond donors (Lipinski definition) is 2. The maximum Gasteiger partial charge on any atom is 0.240 e. The molecular formula is C14H18FNO4S. The lowest BCUT2D eigenvalue weighted by Crippen LogP contribution is -2.35. The summed E-state index contributed by atoms with van der Waals surface area (Å²) in [6.07, 6.45) is 0.232. The highest BCUT2D eigenvalue weighted by Crippen LogP contribution is 2.14. The van der Waals surface area contributed by atoms with Gasteiger partial charge in [0, 0.05) is 19.6 Å². The van der Waals surface area contributed by atoms with Crippen LogP contribution in [0.4, 0.5) is 4.39 Å². The van der Waals surface area contributed by atoms with Gasteiger partial charge in [-0.2, -0.15) is 0 Å². The molecule has 0 heterocycles. The van der Waals surface area contributed by atoms with E-state index in [9.17, 15) is 12.8 Å². The number of nitrogens with one attached hydrogen (secondary N) is 1. The van der Waals surface area contributed by atoms with E-state index in [1.165, 1.54) is 19.2 Å². The minimum atomic E-state index is -3.80. The van der Waals surface area contributed by atoms with E-state index in [4.69, 9.17) is 9.84 Å². The Bertz CT molecular complexity index is 634. The van der Waals surface area contributed by atoms with Gasteiger partial charge in [-0.25, -0.2) is 17.5 Å². The number of methoxy groups -OCH3 is 1. The molecule has 116 valence electrons. The van der Waals surface area contributed by atoms with Crippen molar-refractivity contribution in [3.63, 3.8) is 0 Å². The normalized spacial score (nSPS) is 12.6. The van der Waals surface area contributed by atoms with E-state index in [1.807, 2.05) is 0 Å². The van der Waals surface area contributed by atoms with Crippen molar-refractivity contribution in [3.8, 4) is 11.8 Å². The van der Waals surface area contributed by atoms with Crippen LogP contribution in [0.1, 0.15) is 18.9 Å². The first-order chi connectivity index (χ1) is 9.90. The highest BCUT2D eigenvalue weighted by molar-refractivity contribution is 7.89. The fraction of sp³-hybridized carbons (Fsp3) is 0.429. The van der Waals surface area contributed by atoms with E-state index in [1.54, 1.807) is 6.92 Å². The van der Waals surface area contributed by atoms with Crippen molar-refractivity contribution in [2.24, 2.45) is 0 Å². The zero-order valence-electron chi connectivity index (χ0n) is 11.9. The molecule has 5 nitrogen and oxygen atoms in total. The van der Waals surface area contributed by atoms with Gasteiger partial charge in [0.1, 0.15) is 5.82 Å². The Balaban J connectivity index is 2.95. The second kappa shape index (κ2) is 8.10. The molecule has 7 heteroatoms. The first kappa shape index (κ1) is 17.6. The van der Waals surface area contributed by atoms with Gasteiger partial charge in [-0.15, -0.1) is 0 Å². The van der Waals surface area contributed by atoms with Crippen LogP contribution in [0.5, 0.6) is 0 Å². The molecule has 0 fully saturated rings. The maximum absolute atomic E-state index is 13.8. The van der Waals surface area contributed by atoms with E-state index in [0.717, 1.165) is 6.07 Å². The van der Waals surface area contributed by atoms with Crippen molar-refractivity contribution in [3.05, 3.63) is 29.6 Å². The van der Waals surface area contributed by atoms with Gasteiger partial charge in [-0.3, -0.25) is 0 Å². The van der Waals surface area contributed by atoms with E-state index >= 15 is 0 Å². The van der Waals surface area contributed by atoms with Gasteiger partial charge in [0.2, 0.25) is 10.0 Å². The summed E-state index contributed by atoms with van der Waals surface area (Å²) in [7, 11) is -2.34. The summed E-state index contributed by atoms with van der Waals surface area (Å²) in [6, 6.07) is 3.08. The molecular weight excluding hydrogens is 297 g/mol. The minimum absolute atomic E-state index is 0.0901. The third-order valence-corrected chi connectivity index (χ3v) is 4.07. The molecule has 0 saturated carbocycles. The molecule has 0 radical (unpaired) electrons. The molecule has 0 aliphatic rings. The topological polar surface area (TPSA) is 75.6 Å². The quantitative estimate of drug-likeness (QED) is 0.764. The van der Waals surface area contributed by atoms with E-state index in [0.29, 0.717) is 0 Å². The SMILES string of the molecule is COCC(C)NS(=O)(=O)c1ccc(C#CCCO)c(F)c1. The van der Waals surface area contributed by atoms with Gasteiger partial charge in [-0.05, 0) is 25.1 Å². The number of aliphatic hydroxyl groups excluding tert-OH is 1. The predicted octanol–water partition coefficient (Wildman–Crippen LogP) is 0.873. The standard InChI is InChI=1S/C14H18FNO4S/c1-11(10-20-2)16-21(18,19)13-7-6-12(14(15)9-13)5-3-4-8-17/h6-7,9,11,16-17H,4,8,10H2,1-2H3. The van der Waals surface area contributed by atoms with Crippen LogP contribution in [-0.2, 0) is 14.8 Å². The molecule has 0 saturated heterocycles. The van der Waals surface area contributed by atoms with E-state index in [-0.39, 0.29) is 30.1 Å². The highest BCUT2D eigenvalue weighted by Gasteiger charge is 2.18. The van der Waals surface area contributed by atoms with Gasteiger partial charge >= 0.3 is 0 Å². The van der Waals surface area contributed by atoms with Gasteiger partial charge in [-0.1, -0.05) is 11.8 Å². The summed E-state index contributed by atoms with van der Waals surface area (Å²) in [5.74, 6) is 4.39. The van der Waals surface area contributed by atoms with E-state index in [2.05, 4.69) is 16.6 Å². The zero-order chi connectivity index (χ0) is 15.9. The monoisotopic (exact) mass is 315 g/mol. The van der Waals surface area contributed by atoms with E-state index < -0.39 is 21.9 Å². The van der Waals surface area contributed by atoms with Crippen molar-refractivity contribution in [2.45, 2.75) is 24.3 Å². The number of halogens is 1. The summed E-state index contributed by atoms with van der Waals surface area (Å²) < 4.78 is 45.1. The summed E-state index contributed by atoms with van der Waals surface area (Å²) in [6.45, 7) is 1.75. The fourth-order valence-corrected chi connectivity index (χ4v) is 2.83. The second-order valence-corrected chi connectivity index (χ2v) is 6.11. The van der Waals surface area contributed by atoms with Crippen LogP contribution in [0.15, 0.2) is 23.1 Å². The zero-order valence-corrected chi connectivity index (χ0v) is 12.7. The molecule has 1 aromatic rings. The molecule has 0 spiro atoms. The molecule has 0 bridgehead atoms. The lowest BCUT2D eigenvalue weighted by molar-refractivity contribution is 0.180. The number of sulfonamides is 1. The Morgan fingerprint density at radius 3 is 2.76 bits per heavy atom. The van der Waals surface area contributed by atoms with Crippen LogP contribution >= 0.6 is 0 Å². The Morgan fingerprint density at radius 2 is 2.19 bits per heavy atom. The van der Waals surface area contributed by atoms with Crippen LogP contribution < -0.4 is 4.72 Å². The van der Waals surface area contributed by atoms with Gasteiger partial charge in [0.15, 0.2) is 0 Å². The van der Waals surface area contributed by atoms with Crippen LogP contribution in [0.2, 0.25) is 0 Å². The Labute approximate surface area is 124 Å². The molecule has 1 unspecified atom stereocenters. The first-order valence-electron chi connectivity index (χ1n) is 6.31. The van der Waals surface area contributed by atoms with Crippen LogP contribution in [-0.4, -0.2) is 39.9 Å². The Hall–Kier alpha value is -1.46. The third-order valence-electron chi connectivity index (χ3n) is 2.48. The third kappa shape index (κ3) is 5.44. The average molecular weight is 315 g/mol. The lowest BCUT2D eigenvalue weighted by atomic mass is 10.2. The van der Waals surface area contributed by atoms with Crippen LogP contribution in [0.3, 0.4) is 0 Å². The highest BCUT2D eigenvalue weighted by atomic mass is 32.2. The number of ether oxygens (including phenoxy) is 1. The summed E-state index contributed by atoms with van der Waals surface area (Å²) in [5.41, 5.74) is 0.0901. The van der Waals surface area contributed by atoms with Gasteiger partial charge in [0.25, 0.3) is 0 Å². The summed E-state index contributed by atoms with van der Waals surface area (Å²) >= 11 is 0. The molecule has 0 aliphatic carbocycles. The second-order valence-electron chi connectivity index (χ2n) is 4.39. The molecule has 1 rings (SSSR count). The van der Waals surface area contributed by atoms with Crippen molar-refractivity contribution >= 4 is 10.0 Å².